The molecule has 0 amide bonds. The number of carbonyl (C=O) groups is 1. The maximum absolute atomic E-state index is 11.8. The monoisotopic (exact) mass is 219 g/mol. The molecular weight excluding hydrogens is 202 g/mol. The summed E-state index contributed by atoms with van der Waals surface area (Å²) >= 11 is 0. The minimum absolute atomic E-state index is 0.110. The number of Topliss-reactive ketones (excluding diaryl/α,β-unsaturated/α-hetero) is 1. The minimum Gasteiger partial charge on any atom is -0.377 e. The summed E-state index contributed by atoms with van der Waals surface area (Å²) in [7, 11) is 0. The Hall–Kier alpha value is -1.35. The Labute approximate surface area is 96.0 Å². The Kier molecular flexibility index (Phi) is 3.57. The normalized spacial score (nSPS) is 20.8. The fourth-order valence-corrected chi connectivity index (χ4v) is 2.03. The first-order valence-electron chi connectivity index (χ1n) is 5.75. The molecule has 0 aliphatic carbocycles. The summed E-state index contributed by atoms with van der Waals surface area (Å²) < 4.78 is 5.39. The average molecular weight is 219 g/mol. The second kappa shape index (κ2) is 5.12. The van der Waals surface area contributed by atoms with Crippen LogP contribution in [0.4, 0.5) is 5.69 Å². The molecule has 1 heterocycles. The number of carbonyl (C=O) groups excluding carboxylic acids is 1. The number of ketones is 1. The van der Waals surface area contributed by atoms with Crippen LogP contribution < -0.4 is 4.90 Å². The van der Waals surface area contributed by atoms with E-state index in [1.165, 1.54) is 0 Å². The summed E-state index contributed by atoms with van der Waals surface area (Å²) in [5.41, 5.74) is 1.11. The number of anilines is 1. The van der Waals surface area contributed by atoms with Crippen LogP contribution in [0.2, 0.25) is 0 Å². The zero-order valence-corrected chi connectivity index (χ0v) is 9.56. The molecule has 0 radical (unpaired) electrons. The van der Waals surface area contributed by atoms with Crippen LogP contribution in [0.5, 0.6) is 0 Å². The Bertz CT molecular complexity index is 350. The Balaban J connectivity index is 2.20. The molecule has 0 saturated carbocycles. The van der Waals surface area contributed by atoms with Crippen molar-refractivity contribution in [2.24, 2.45) is 0 Å². The number of morpholine rings is 1. The highest BCUT2D eigenvalue weighted by molar-refractivity contribution is 5.87. The highest BCUT2D eigenvalue weighted by Crippen LogP contribution is 2.20. The molecule has 3 heteroatoms. The summed E-state index contributed by atoms with van der Waals surface area (Å²) in [6.45, 7) is 3.91. The lowest BCUT2D eigenvalue weighted by Crippen LogP contribution is -2.50. The van der Waals surface area contributed by atoms with Crippen molar-refractivity contribution in [2.75, 3.05) is 24.7 Å². The van der Waals surface area contributed by atoms with Gasteiger partial charge in [0.15, 0.2) is 5.78 Å². The average Bonchev–Trinajstić information content (AvgIpc) is 2.39. The number of rotatable bonds is 3. The molecule has 1 aliphatic heterocycles. The lowest BCUT2D eigenvalue weighted by atomic mass is 10.1. The van der Waals surface area contributed by atoms with Gasteiger partial charge in [-0.25, -0.2) is 0 Å². The Morgan fingerprint density at radius 3 is 2.88 bits per heavy atom. The quantitative estimate of drug-likeness (QED) is 0.777. The van der Waals surface area contributed by atoms with E-state index >= 15 is 0 Å². The van der Waals surface area contributed by atoms with Crippen LogP contribution >= 0.6 is 0 Å². The van der Waals surface area contributed by atoms with E-state index in [0.717, 1.165) is 12.2 Å². The first-order valence-corrected chi connectivity index (χ1v) is 5.75. The maximum Gasteiger partial charge on any atom is 0.157 e. The molecule has 0 unspecified atom stereocenters. The van der Waals surface area contributed by atoms with Crippen LogP contribution in [0.25, 0.3) is 0 Å². The van der Waals surface area contributed by atoms with E-state index in [2.05, 4.69) is 4.90 Å². The van der Waals surface area contributed by atoms with Crippen LogP contribution in [-0.4, -0.2) is 31.6 Å². The van der Waals surface area contributed by atoms with Gasteiger partial charge in [-0.2, -0.15) is 0 Å². The van der Waals surface area contributed by atoms with Crippen molar-refractivity contribution < 1.29 is 9.53 Å². The van der Waals surface area contributed by atoms with E-state index in [9.17, 15) is 4.79 Å². The molecule has 0 bridgehead atoms. The first-order chi connectivity index (χ1) is 7.83. The summed E-state index contributed by atoms with van der Waals surface area (Å²) in [6.07, 6.45) is 0.567. The third-order valence-corrected chi connectivity index (χ3v) is 2.94. The van der Waals surface area contributed by atoms with Crippen LogP contribution in [0, 0.1) is 0 Å². The van der Waals surface area contributed by atoms with Crippen molar-refractivity contribution in [1.29, 1.82) is 0 Å². The van der Waals surface area contributed by atoms with Crippen molar-refractivity contribution in [3.63, 3.8) is 0 Å². The number of ether oxygens (including phenoxy) is 1. The van der Waals surface area contributed by atoms with Crippen LogP contribution in [-0.2, 0) is 9.53 Å². The Morgan fingerprint density at radius 2 is 2.19 bits per heavy atom. The van der Waals surface area contributed by atoms with E-state index in [4.69, 9.17) is 4.74 Å². The fraction of sp³-hybridized carbons (Fsp3) is 0.462. The third kappa shape index (κ3) is 2.25. The van der Waals surface area contributed by atoms with Gasteiger partial charge in [0.25, 0.3) is 0 Å². The Morgan fingerprint density at radius 1 is 1.44 bits per heavy atom. The van der Waals surface area contributed by atoms with Gasteiger partial charge >= 0.3 is 0 Å². The van der Waals surface area contributed by atoms with E-state index in [0.29, 0.717) is 19.6 Å². The van der Waals surface area contributed by atoms with Crippen molar-refractivity contribution in [1.82, 2.24) is 0 Å². The molecular formula is C13H17NO2. The second-order valence-electron chi connectivity index (χ2n) is 3.94. The molecule has 1 aromatic carbocycles. The van der Waals surface area contributed by atoms with E-state index in [1.807, 2.05) is 37.3 Å². The zero-order valence-electron chi connectivity index (χ0n) is 9.56. The number of benzene rings is 1. The second-order valence-corrected chi connectivity index (χ2v) is 3.94. The molecule has 0 aromatic heterocycles. The molecule has 16 heavy (non-hydrogen) atoms. The van der Waals surface area contributed by atoms with Crippen LogP contribution in [0.1, 0.15) is 13.3 Å². The molecule has 0 N–H and O–H groups in total. The lowest BCUT2D eigenvalue weighted by Gasteiger charge is -2.36. The fourth-order valence-electron chi connectivity index (χ4n) is 2.03. The van der Waals surface area contributed by atoms with Gasteiger partial charge in [0.05, 0.1) is 13.2 Å². The maximum atomic E-state index is 11.8. The van der Waals surface area contributed by atoms with Crippen LogP contribution in [0.3, 0.4) is 0 Å². The SMILES string of the molecule is CCC(=O)[C@@H]1COCCN1c1ccccc1. The molecule has 86 valence electrons. The standard InChI is InChI=1S/C13H17NO2/c1-2-13(15)12-10-16-9-8-14(12)11-6-4-3-5-7-11/h3-7,12H,2,8-10H2,1H3/t12-/m0/s1. The number of hydrogen-bond acceptors (Lipinski definition) is 3. The molecule has 0 spiro atoms. The predicted octanol–water partition coefficient (Wildman–Crippen LogP) is 1.87. The van der Waals surface area contributed by atoms with E-state index < -0.39 is 0 Å². The number of para-hydroxylation sites is 1. The molecule has 1 aromatic rings. The number of hydrogen-bond donors (Lipinski definition) is 0. The van der Waals surface area contributed by atoms with Crippen molar-refractivity contribution >= 4 is 11.5 Å². The van der Waals surface area contributed by atoms with E-state index in [-0.39, 0.29) is 11.8 Å². The van der Waals surface area contributed by atoms with Gasteiger partial charge in [0.1, 0.15) is 6.04 Å². The van der Waals surface area contributed by atoms with Gasteiger partial charge in [0, 0.05) is 18.7 Å². The number of nitrogens with zero attached hydrogens (tertiary/aromatic N) is 1. The molecule has 1 saturated heterocycles. The molecule has 1 atom stereocenters. The summed E-state index contributed by atoms with van der Waals surface area (Å²) in [6, 6.07) is 9.96. The molecule has 2 rings (SSSR count). The zero-order chi connectivity index (χ0) is 11.4. The summed E-state index contributed by atoms with van der Waals surface area (Å²) in [5, 5.41) is 0. The predicted molar refractivity (Wildman–Crippen MR) is 63.7 cm³/mol. The topological polar surface area (TPSA) is 29.5 Å². The van der Waals surface area contributed by atoms with Crippen LogP contribution in [0.15, 0.2) is 30.3 Å². The summed E-state index contributed by atoms with van der Waals surface area (Å²) in [5.74, 6) is 0.253. The minimum atomic E-state index is -0.110. The highest BCUT2D eigenvalue weighted by atomic mass is 16.5. The van der Waals surface area contributed by atoms with Gasteiger partial charge in [-0.1, -0.05) is 25.1 Å². The smallest absolute Gasteiger partial charge is 0.157 e. The van der Waals surface area contributed by atoms with Gasteiger partial charge in [-0.05, 0) is 12.1 Å². The van der Waals surface area contributed by atoms with Gasteiger partial charge in [0.2, 0.25) is 0 Å². The van der Waals surface area contributed by atoms with E-state index in [1.54, 1.807) is 0 Å². The van der Waals surface area contributed by atoms with Gasteiger partial charge < -0.3 is 9.64 Å². The molecule has 1 fully saturated rings. The highest BCUT2D eigenvalue weighted by Gasteiger charge is 2.27. The lowest BCUT2D eigenvalue weighted by molar-refractivity contribution is -0.122. The summed E-state index contributed by atoms with van der Waals surface area (Å²) in [4.78, 5) is 14.0. The van der Waals surface area contributed by atoms with Crippen molar-refractivity contribution in [3.8, 4) is 0 Å². The van der Waals surface area contributed by atoms with Crippen molar-refractivity contribution in [3.05, 3.63) is 30.3 Å². The largest absolute Gasteiger partial charge is 0.377 e. The van der Waals surface area contributed by atoms with Crippen molar-refractivity contribution in [2.45, 2.75) is 19.4 Å². The molecule has 1 aliphatic rings. The first kappa shape index (κ1) is 11.1. The van der Waals surface area contributed by atoms with Gasteiger partial charge in [-0.15, -0.1) is 0 Å². The third-order valence-electron chi connectivity index (χ3n) is 2.94. The van der Waals surface area contributed by atoms with Gasteiger partial charge in [-0.3, -0.25) is 4.79 Å². The molecule has 3 nitrogen and oxygen atoms in total.